The number of benzene rings is 1. The van der Waals surface area contributed by atoms with Crippen LogP contribution in [0.1, 0.15) is 12.0 Å². The van der Waals surface area contributed by atoms with Gasteiger partial charge in [-0.1, -0.05) is 42.5 Å². The van der Waals surface area contributed by atoms with Crippen molar-refractivity contribution in [3.63, 3.8) is 0 Å². The Hall–Kier alpha value is -2.26. The molecule has 1 spiro atoms. The van der Waals surface area contributed by atoms with Gasteiger partial charge in [0.05, 0.1) is 18.5 Å². The van der Waals surface area contributed by atoms with Gasteiger partial charge < -0.3 is 9.64 Å². The predicted molar refractivity (Wildman–Crippen MR) is 99.3 cm³/mol. The van der Waals surface area contributed by atoms with Crippen molar-refractivity contribution in [3.05, 3.63) is 77.7 Å². The first-order valence-electron chi connectivity index (χ1n) is 8.46. The third-order valence-corrected chi connectivity index (χ3v) is 5.67. The number of alkyl halides is 1. The van der Waals surface area contributed by atoms with Gasteiger partial charge in [-0.05, 0) is 29.7 Å². The maximum atomic E-state index is 12.9. The van der Waals surface area contributed by atoms with Gasteiger partial charge in [0.1, 0.15) is 11.5 Å². The smallest absolute Gasteiger partial charge is 0.141 e. The zero-order valence-corrected chi connectivity index (χ0v) is 14.9. The van der Waals surface area contributed by atoms with Crippen LogP contribution in [0.25, 0.3) is 0 Å². The number of ketones is 1. The fourth-order valence-electron chi connectivity index (χ4n) is 4.21. The Kier molecular flexibility index (Phi) is 4.04. The molecular weight excluding hydrogens is 334 g/mol. The molecule has 2 atom stereocenters. The summed E-state index contributed by atoms with van der Waals surface area (Å²) >= 11 is 6.16. The van der Waals surface area contributed by atoms with Crippen molar-refractivity contribution in [1.29, 1.82) is 0 Å². The molecular formula is C21H20ClNO2. The molecule has 1 aromatic carbocycles. The van der Waals surface area contributed by atoms with Crippen molar-refractivity contribution in [2.75, 3.05) is 13.1 Å². The summed E-state index contributed by atoms with van der Waals surface area (Å²) in [5, 5.41) is 0. The lowest BCUT2D eigenvalue weighted by Gasteiger charge is -2.42. The van der Waals surface area contributed by atoms with Crippen LogP contribution in [0.5, 0.6) is 5.75 Å². The molecule has 0 bridgehead atoms. The molecule has 4 rings (SSSR count). The third-order valence-electron chi connectivity index (χ3n) is 5.41. The largest absolute Gasteiger partial charge is 0.497 e. The first-order valence-corrected chi connectivity index (χ1v) is 8.99. The Morgan fingerprint density at radius 2 is 2.08 bits per heavy atom. The number of carbonyl (C=O) groups is 1. The van der Waals surface area contributed by atoms with E-state index in [0.29, 0.717) is 18.8 Å². The van der Waals surface area contributed by atoms with Crippen LogP contribution in [0, 0.1) is 11.3 Å². The number of ether oxygens (including phenoxy) is 1. The first kappa shape index (κ1) is 16.2. The van der Waals surface area contributed by atoms with E-state index >= 15 is 0 Å². The summed E-state index contributed by atoms with van der Waals surface area (Å²) in [5.74, 6) is 0.983. The van der Waals surface area contributed by atoms with Crippen molar-refractivity contribution in [3.8, 4) is 5.75 Å². The second-order valence-corrected chi connectivity index (χ2v) is 6.86. The topological polar surface area (TPSA) is 29.5 Å². The second kappa shape index (κ2) is 6.23. The van der Waals surface area contributed by atoms with Crippen molar-refractivity contribution >= 4 is 17.4 Å². The van der Waals surface area contributed by atoms with Gasteiger partial charge in [0.15, 0.2) is 0 Å². The normalized spacial score (nSPS) is 26.9. The number of allylic oxidation sites excluding steroid dienone is 5. The molecule has 128 valence electrons. The van der Waals surface area contributed by atoms with Gasteiger partial charge >= 0.3 is 0 Å². The van der Waals surface area contributed by atoms with E-state index in [9.17, 15) is 4.79 Å². The Morgan fingerprint density at radius 1 is 1.28 bits per heavy atom. The molecule has 3 nitrogen and oxygen atoms in total. The van der Waals surface area contributed by atoms with E-state index in [0.717, 1.165) is 22.6 Å². The molecule has 1 heterocycles. The number of nitrogens with zero attached hydrogens (tertiary/aromatic N) is 1. The Morgan fingerprint density at radius 3 is 2.80 bits per heavy atom. The Bertz CT molecular complexity index is 819. The monoisotopic (exact) mass is 353 g/mol. The number of halogens is 1. The standard InChI is InChI=1S/C21H20ClNO2/c1-25-17-7-5-15(6-8-17)12-18-19(24)9-10-20-21(18)11-3-2-4-16(21)13-23(20)14-22/h2-8,10-11,13,18H,9,12,14H2,1H3. The van der Waals surface area contributed by atoms with E-state index in [4.69, 9.17) is 16.3 Å². The van der Waals surface area contributed by atoms with Gasteiger partial charge in [0.25, 0.3) is 0 Å². The summed E-state index contributed by atoms with van der Waals surface area (Å²) in [5.41, 5.74) is 3.03. The minimum absolute atomic E-state index is 0.124. The molecule has 1 aliphatic heterocycles. The Balaban J connectivity index is 1.75. The zero-order chi connectivity index (χ0) is 17.4. The van der Waals surface area contributed by atoms with E-state index in [1.165, 1.54) is 0 Å². The maximum Gasteiger partial charge on any atom is 0.141 e. The highest BCUT2D eigenvalue weighted by atomic mass is 35.5. The van der Waals surface area contributed by atoms with Gasteiger partial charge in [0, 0.05) is 24.2 Å². The molecule has 25 heavy (non-hydrogen) atoms. The second-order valence-electron chi connectivity index (χ2n) is 6.63. The summed E-state index contributed by atoms with van der Waals surface area (Å²) in [6.45, 7) is 0. The molecule has 0 saturated heterocycles. The summed E-state index contributed by atoms with van der Waals surface area (Å²) in [6, 6.07) is 8.37. The molecule has 0 radical (unpaired) electrons. The predicted octanol–water partition coefficient (Wildman–Crippen LogP) is 4.22. The van der Waals surface area contributed by atoms with Crippen molar-refractivity contribution in [2.24, 2.45) is 11.3 Å². The SMILES string of the molecule is COc1ccc(CC2C(=O)CC=C3N(CCl)C=C4C=CC=CC432)cc1. The van der Waals surface area contributed by atoms with Gasteiger partial charge in [0.2, 0.25) is 0 Å². The van der Waals surface area contributed by atoms with Crippen LogP contribution in [0.4, 0.5) is 0 Å². The molecule has 1 aromatic rings. The lowest BCUT2D eigenvalue weighted by molar-refractivity contribution is -0.124. The van der Waals surface area contributed by atoms with Crippen molar-refractivity contribution < 1.29 is 9.53 Å². The summed E-state index contributed by atoms with van der Waals surface area (Å²) in [7, 11) is 1.66. The number of hydrogen-bond donors (Lipinski definition) is 0. The van der Waals surface area contributed by atoms with E-state index in [1.807, 2.05) is 42.5 Å². The van der Waals surface area contributed by atoms with Gasteiger partial charge in [-0.25, -0.2) is 0 Å². The van der Waals surface area contributed by atoms with Crippen LogP contribution in [-0.4, -0.2) is 23.8 Å². The van der Waals surface area contributed by atoms with Crippen LogP contribution in [-0.2, 0) is 11.2 Å². The molecule has 0 fully saturated rings. The van der Waals surface area contributed by atoms with E-state index in [1.54, 1.807) is 7.11 Å². The quantitative estimate of drug-likeness (QED) is 0.599. The van der Waals surface area contributed by atoms with Crippen molar-refractivity contribution in [2.45, 2.75) is 12.8 Å². The number of rotatable bonds is 4. The minimum Gasteiger partial charge on any atom is -0.497 e. The fourth-order valence-corrected chi connectivity index (χ4v) is 4.40. The van der Waals surface area contributed by atoms with Crippen molar-refractivity contribution in [1.82, 2.24) is 4.90 Å². The number of hydrogen-bond acceptors (Lipinski definition) is 3. The molecule has 0 amide bonds. The molecule has 0 saturated carbocycles. The number of carbonyl (C=O) groups excluding carboxylic acids is 1. The summed E-state index contributed by atoms with van der Waals surface area (Å²) < 4.78 is 5.24. The minimum atomic E-state index is -0.390. The maximum absolute atomic E-state index is 12.9. The van der Waals surface area contributed by atoms with E-state index in [-0.39, 0.29) is 17.1 Å². The first-order chi connectivity index (χ1) is 12.2. The zero-order valence-electron chi connectivity index (χ0n) is 14.1. The molecule has 0 aromatic heterocycles. The fraction of sp³-hybridized carbons (Fsp3) is 0.286. The lowest BCUT2D eigenvalue weighted by Crippen LogP contribution is -2.42. The molecule has 2 unspecified atom stereocenters. The van der Waals surface area contributed by atoms with E-state index in [2.05, 4.69) is 23.3 Å². The highest BCUT2D eigenvalue weighted by molar-refractivity contribution is 6.17. The highest BCUT2D eigenvalue weighted by Gasteiger charge is 2.52. The van der Waals surface area contributed by atoms with Crippen LogP contribution in [0.15, 0.2) is 72.1 Å². The molecule has 0 N–H and O–H groups in total. The molecule has 2 aliphatic carbocycles. The van der Waals surface area contributed by atoms with Crippen LogP contribution >= 0.6 is 11.6 Å². The van der Waals surface area contributed by atoms with E-state index < -0.39 is 0 Å². The summed E-state index contributed by atoms with van der Waals surface area (Å²) in [6.07, 6.45) is 13.6. The average molecular weight is 354 g/mol. The van der Waals surface area contributed by atoms with Gasteiger partial charge in [-0.3, -0.25) is 4.79 Å². The Labute approximate surface area is 152 Å². The highest BCUT2D eigenvalue weighted by Crippen LogP contribution is 2.55. The number of Topliss-reactive ketones (excluding diaryl/α,β-unsaturated/α-hetero) is 1. The lowest BCUT2D eigenvalue weighted by atomic mass is 9.61. The van der Waals surface area contributed by atoms with Crippen LogP contribution < -0.4 is 4.74 Å². The third kappa shape index (κ3) is 2.46. The summed E-state index contributed by atoms with van der Waals surface area (Å²) in [4.78, 5) is 15.0. The molecule has 4 heteroatoms. The molecule has 3 aliphatic rings. The average Bonchev–Trinajstić information content (AvgIpc) is 2.99. The van der Waals surface area contributed by atoms with Crippen LogP contribution in [0.2, 0.25) is 0 Å². The number of methoxy groups -OCH3 is 1. The van der Waals surface area contributed by atoms with Gasteiger partial charge in [-0.2, -0.15) is 0 Å². The van der Waals surface area contributed by atoms with Gasteiger partial charge in [-0.15, -0.1) is 11.6 Å². The van der Waals surface area contributed by atoms with Crippen LogP contribution in [0.3, 0.4) is 0 Å².